The standard InChI is InChI=1S/C13H9F3N2O2/c14-10-7-9(20-13(15)16)1-2-11(10)18-12(19)8-3-5-17-6-4-8/h1-7,13H,(H,18,19). The Morgan fingerprint density at radius 2 is 1.90 bits per heavy atom. The highest BCUT2D eigenvalue weighted by molar-refractivity contribution is 6.04. The summed E-state index contributed by atoms with van der Waals surface area (Å²) in [5.74, 6) is -1.72. The number of amides is 1. The number of hydrogen-bond donors (Lipinski definition) is 1. The largest absolute Gasteiger partial charge is 0.435 e. The average molecular weight is 282 g/mol. The first-order chi connectivity index (χ1) is 9.56. The van der Waals surface area contributed by atoms with Gasteiger partial charge in [0.15, 0.2) is 0 Å². The van der Waals surface area contributed by atoms with Gasteiger partial charge in [0.25, 0.3) is 5.91 Å². The zero-order chi connectivity index (χ0) is 14.5. The van der Waals surface area contributed by atoms with Gasteiger partial charge in [-0.15, -0.1) is 0 Å². The zero-order valence-electron chi connectivity index (χ0n) is 10.0. The number of hydrogen-bond acceptors (Lipinski definition) is 3. The molecule has 0 bridgehead atoms. The van der Waals surface area contributed by atoms with Gasteiger partial charge in [-0.1, -0.05) is 0 Å². The number of rotatable bonds is 4. The van der Waals surface area contributed by atoms with E-state index in [2.05, 4.69) is 15.0 Å². The molecule has 2 aromatic rings. The normalized spacial score (nSPS) is 10.4. The third kappa shape index (κ3) is 3.47. The Morgan fingerprint density at radius 1 is 1.20 bits per heavy atom. The summed E-state index contributed by atoms with van der Waals surface area (Å²) in [6.45, 7) is -3.04. The van der Waals surface area contributed by atoms with Crippen molar-refractivity contribution in [2.45, 2.75) is 6.61 Å². The van der Waals surface area contributed by atoms with Crippen molar-refractivity contribution in [3.05, 3.63) is 54.1 Å². The Bertz CT molecular complexity index is 606. The number of benzene rings is 1. The molecular formula is C13H9F3N2O2. The monoisotopic (exact) mass is 282 g/mol. The van der Waals surface area contributed by atoms with E-state index in [1.54, 1.807) is 0 Å². The van der Waals surface area contributed by atoms with Crippen LogP contribution in [0.4, 0.5) is 18.9 Å². The van der Waals surface area contributed by atoms with Crippen LogP contribution in [0.5, 0.6) is 5.75 Å². The van der Waals surface area contributed by atoms with Gasteiger partial charge < -0.3 is 10.1 Å². The van der Waals surface area contributed by atoms with E-state index in [1.807, 2.05) is 0 Å². The zero-order valence-corrected chi connectivity index (χ0v) is 10.0. The topological polar surface area (TPSA) is 51.2 Å². The predicted molar refractivity (Wildman–Crippen MR) is 65.2 cm³/mol. The van der Waals surface area contributed by atoms with Crippen molar-refractivity contribution >= 4 is 11.6 Å². The first-order valence-electron chi connectivity index (χ1n) is 5.52. The van der Waals surface area contributed by atoms with E-state index in [1.165, 1.54) is 24.5 Å². The van der Waals surface area contributed by atoms with Gasteiger partial charge in [0, 0.05) is 24.0 Å². The molecule has 0 aliphatic heterocycles. The summed E-state index contributed by atoms with van der Waals surface area (Å²) >= 11 is 0. The highest BCUT2D eigenvalue weighted by Gasteiger charge is 2.11. The van der Waals surface area contributed by atoms with Crippen molar-refractivity contribution < 1.29 is 22.7 Å². The summed E-state index contributed by atoms with van der Waals surface area (Å²) < 4.78 is 41.6. The molecule has 2 rings (SSSR count). The third-order valence-corrected chi connectivity index (χ3v) is 2.36. The van der Waals surface area contributed by atoms with E-state index in [0.717, 1.165) is 18.2 Å². The molecule has 0 spiro atoms. The smallest absolute Gasteiger partial charge is 0.387 e. The summed E-state index contributed by atoms with van der Waals surface area (Å²) in [4.78, 5) is 15.5. The van der Waals surface area contributed by atoms with Crippen LogP contribution in [0.25, 0.3) is 0 Å². The fourth-order valence-electron chi connectivity index (χ4n) is 1.47. The minimum Gasteiger partial charge on any atom is -0.435 e. The van der Waals surface area contributed by atoms with Gasteiger partial charge in [-0.25, -0.2) is 4.39 Å². The summed E-state index contributed by atoms with van der Waals surface area (Å²) in [6.07, 6.45) is 2.84. The molecule has 7 heteroatoms. The molecule has 0 fully saturated rings. The molecule has 0 aliphatic carbocycles. The fraction of sp³-hybridized carbons (Fsp3) is 0.0769. The number of aromatic nitrogens is 1. The molecule has 1 heterocycles. The van der Waals surface area contributed by atoms with Gasteiger partial charge >= 0.3 is 6.61 Å². The predicted octanol–water partition coefficient (Wildman–Crippen LogP) is 3.07. The Kier molecular flexibility index (Phi) is 4.19. The van der Waals surface area contributed by atoms with Crippen LogP contribution in [-0.4, -0.2) is 17.5 Å². The quantitative estimate of drug-likeness (QED) is 0.937. The number of pyridine rings is 1. The Morgan fingerprint density at radius 3 is 2.50 bits per heavy atom. The van der Waals surface area contributed by atoms with Crippen LogP contribution in [0.2, 0.25) is 0 Å². The van der Waals surface area contributed by atoms with Crippen molar-refractivity contribution in [2.24, 2.45) is 0 Å². The maximum Gasteiger partial charge on any atom is 0.387 e. The van der Waals surface area contributed by atoms with Crippen molar-refractivity contribution in [3.63, 3.8) is 0 Å². The Hall–Kier alpha value is -2.57. The lowest BCUT2D eigenvalue weighted by Gasteiger charge is -2.09. The molecule has 1 aromatic carbocycles. The number of alkyl halides is 2. The first kappa shape index (κ1) is 13.9. The number of nitrogens with one attached hydrogen (secondary N) is 1. The molecule has 1 N–H and O–H groups in total. The van der Waals surface area contributed by atoms with E-state index in [9.17, 15) is 18.0 Å². The Labute approximate surface area is 112 Å². The van der Waals surface area contributed by atoms with Crippen molar-refractivity contribution in [1.82, 2.24) is 4.98 Å². The highest BCUT2D eigenvalue weighted by atomic mass is 19.3. The summed E-state index contributed by atoms with van der Waals surface area (Å²) in [5, 5.41) is 2.32. The van der Waals surface area contributed by atoms with E-state index < -0.39 is 18.3 Å². The van der Waals surface area contributed by atoms with Crippen molar-refractivity contribution in [3.8, 4) is 5.75 Å². The molecule has 20 heavy (non-hydrogen) atoms. The van der Waals surface area contributed by atoms with E-state index in [0.29, 0.717) is 5.56 Å². The van der Waals surface area contributed by atoms with Crippen LogP contribution in [0.3, 0.4) is 0 Å². The molecule has 1 amide bonds. The molecule has 1 aromatic heterocycles. The highest BCUT2D eigenvalue weighted by Crippen LogP contribution is 2.22. The second-order valence-corrected chi connectivity index (χ2v) is 3.71. The lowest BCUT2D eigenvalue weighted by Crippen LogP contribution is -2.13. The van der Waals surface area contributed by atoms with Crippen LogP contribution in [-0.2, 0) is 0 Å². The van der Waals surface area contributed by atoms with Gasteiger partial charge in [0.2, 0.25) is 0 Å². The van der Waals surface area contributed by atoms with Gasteiger partial charge in [0.05, 0.1) is 5.69 Å². The molecular weight excluding hydrogens is 273 g/mol. The lowest BCUT2D eigenvalue weighted by molar-refractivity contribution is -0.0499. The van der Waals surface area contributed by atoms with E-state index in [-0.39, 0.29) is 11.4 Å². The molecule has 0 atom stereocenters. The number of halogens is 3. The number of nitrogens with zero attached hydrogens (tertiary/aromatic N) is 1. The number of carbonyl (C=O) groups excluding carboxylic acids is 1. The Balaban J connectivity index is 2.12. The lowest BCUT2D eigenvalue weighted by atomic mass is 10.2. The minimum absolute atomic E-state index is 0.131. The number of anilines is 1. The van der Waals surface area contributed by atoms with Gasteiger partial charge in [-0.2, -0.15) is 8.78 Å². The molecule has 4 nitrogen and oxygen atoms in total. The molecule has 104 valence electrons. The summed E-state index contributed by atoms with van der Waals surface area (Å²) in [7, 11) is 0. The molecule has 0 aliphatic rings. The van der Waals surface area contributed by atoms with Gasteiger partial charge in [0.1, 0.15) is 11.6 Å². The van der Waals surface area contributed by atoms with Crippen LogP contribution in [0.15, 0.2) is 42.7 Å². The maximum absolute atomic E-state index is 13.6. The van der Waals surface area contributed by atoms with Crippen LogP contribution >= 0.6 is 0 Å². The van der Waals surface area contributed by atoms with Crippen molar-refractivity contribution in [1.29, 1.82) is 0 Å². The fourth-order valence-corrected chi connectivity index (χ4v) is 1.47. The summed E-state index contributed by atoms with van der Waals surface area (Å²) in [5.41, 5.74) is 0.167. The molecule has 0 unspecified atom stereocenters. The maximum atomic E-state index is 13.6. The van der Waals surface area contributed by atoms with Gasteiger partial charge in [-0.05, 0) is 24.3 Å². The van der Waals surface area contributed by atoms with Crippen LogP contribution in [0, 0.1) is 5.82 Å². The average Bonchev–Trinajstić information content (AvgIpc) is 2.42. The van der Waals surface area contributed by atoms with Crippen molar-refractivity contribution in [2.75, 3.05) is 5.32 Å². The molecule has 0 saturated carbocycles. The van der Waals surface area contributed by atoms with Crippen LogP contribution < -0.4 is 10.1 Å². The SMILES string of the molecule is O=C(Nc1ccc(OC(F)F)cc1F)c1ccncc1. The second-order valence-electron chi connectivity index (χ2n) is 3.71. The minimum atomic E-state index is -3.04. The van der Waals surface area contributed by atoms with Crippen LogP contribution in [0.1, 0.15) is 10.4 Å². The summed E-state index contributed by atoms with van der Waals surface area (Å²) in [6, 6.07) is 5.97. The third-order valence-electron chi connectivity index (χ3n) is 2.36. The first-order valence-corrected chi connectivity index (χ1v) is 5.52. The molecule has 0 radical (unpaired) electrons. The van der Waals surface area contributed by atoms with E-state index >= 15 is 0 Å². The number of ether oxygens (including phenoxy) is 1. The number of carbonyl (C=O) groups is 1. The molecule has 0 saturated heterocycles. The van der Waals surface area contributed by atoms with Gasteiger partial charge in [-0.3, -0.25) is 9.78 Å². The second kappa shape index (κ2) is 6.05. The van der Waals surface area contributed by atoms with E-state index in [4.69, 9.17) is 0 Å².